The summed E-state index contributed by atoms with van der Waals surface area (Å²) >= 11 is 1.84. The van der Waals surface area contributed by atoms with Gasteiger partial charge in [-0.2, -0.15) is 11.8 Å². The summed E-state index contributed by atoms with van der Waals surface area (Å²) in [7, 11) is 1.33. The van der Waals surface area contributed by atoms with Gasteiger partial charge in [-0.3, -0.25) is 29.8 Å². The van der Waals surface area contributed by atoms with Crippen LogP contribution in [0.3, 0.4) is 0 Å². The molecule has 4 N–H and O–H groups in total. The highest BCUT2D eigenvalue weighted by atomic mass is 32.2. The lowest BCUT2D eigenvalue weighted by atomic mass is 10.0. The number of carbonyl (C=O) groups excluding carboxylic acids is 4. The topological polar surface area (TPSA) is 240 Å². The maximum Gasteiger partial charge on any atom is 0.514 e. The normalized spacial score (nSPS) is 18.0. The van der Waals surface area contributed by atoms with E-state index in [1.54, 1.807) is 0 Å². The standard InChI is InChI=1S/C32H40N6O12S/c1-19(49-32(42)50-21-11-9-20(10-12-21)37(43)44)22-16-25(47-2)26(17-24(22)38(45)46)48-15-5-8-29(40)34-14-13-33-28(39)7-4-3-6-27-30-23(18-51-27)35-31(41)36-30/h9-12,16-17,19,23,27,30H,3-8,13-15,18H2,1-2H3,(H,33,39)(H,34,40)(H2,35,36,41). The fourth-order valence-corrected chi connectivity index (χ4v) is 7.10. The zero-order valence-electron chi connectivity index (χ0n) is 28.0. The largest absolute Gasteiger partial charge is 0.514 e. The molecule has 2 aromatic carbocycles. The number of ether oxygens (including phenoxy) is 4. The van der Waals surface area contributed by atoms with Crippen LogP contribution in [0.5, 0.6) is 17.2 Å². The van der Waals surface area contributed by atoms with Crippen LogP contribution < -0.4 is 35.5 Å². The van der Waals surface area contributed by atoms with Crippen LogP contribution in [0.1, 0.15) is 57.1 Å². The molecule has 0 spiro atoms. The fraction of sp³-hybridized carbons (Fsp3) is 0.500. The SMILES string of the molecule is COc1cc(C(C)OC(=O)Oc2ccc([N+](=O)[O-])cc2)c([N+](=O)[O-])cc1OCCCC(=O)NCCNC(=O)CCCCC1SCC2NC(=O)NC21. The van der Waals surface area contributed by atoms with E-state index < -0.39 is 27.8 Å². The van der Waals surface area contributed by atoms with Crippen LogP contribution >= 0.6 is 11.8 Å². The van der Waals surface area contributed by atoms with Crippen molar-refractivity contribution >= 4 is 47.1 Å². The van der Waals surface area contributed by atoms with E-state index in [1.165, 1.54) is 32.2 Å². The van der Waals surface area contributed by atoms with Gasteiger partial charge in [0.2, 0.25) is 11.8 Å². The molecule has 4 atom stereocenters. The predicted molar refractivity (Wildman–Crippen MR) is 183 cm³/mol. The van der Waals surface area contributed by atoms with E-state index in [0.717, 1.165) is 43.2 Å². The lowest BCUT2D eigenvalue weighted by Gasteiger charge is -2.17. The molecule has 2 fully saturated rings. The van der Waals surface area contributed by atoms with E-state index in [2.05, 4.69) is 21.3 Å². The van der Waals surface area contributed by atoms with Gasteiger partial charge in [0.15, 0.2) is 11.5 Å². The number of nitro groups is 2. The summed E-state index contributed by atoms with van der Waals surface area (Å²) in [5, 5.41) is 34.4. The summed E-state index contributed by atoms with van der Waals surface area (Å²) < 4.78 is 21.2. The van der Waals surface area contributed by atoms with Gasteiger partial charge < -0.3 is 40.2 Å². The second-order valence-electron chi connectivity index (χ2n) is 11.7. The maximum absolute atomic E-state index is 12.3. The minimum Gasteiger partial charge on any atom is -0.493 e. The number of amides is 4. The number of nitrogens with zero attached hydrogens (tertiary/aromatic N) is 2. The van der Waals surface area contributed by atoms with Gasteiger partial charge in [-0.05, 0) is 44.4 Å². The highest BCUT2D eigenvalue weighted by molar-refractivity contribution is 8.00. The quantitative estimate of drug-likeness (QED) is 0.0401. The molecule has 51 heavy (non-hydrogen) atoms. The molecular weight excluding hydrogens is 692 g/mol. The molecule has 2 heterocycles. The molecule has 4 amide bonds. The molecule has 0 aliphatic carbocycles. The number of nitro benzene ring substituents is 2. The molecule has 4 rings (SSSR count). The number of urea groups is 1. The van der Waals surface area contributed by atoms with Crippen LogP contribution in [0.4, 0.5) is 21.0 Å². The van der Waals surface area contributed by atoms with Crippen molar-refractivity contribution in [1.82, 2.24) is 21.3 Å². The molecule has 276 valence electrons. The number of unbranched alkanes of at least 4 members (excludes halogenated alkanes) is 1. The zero-order chi connectivity index (χ0) is 36.9. The van der Waals surface area contributed by atoms with Crippen molar-refractivity contribution in [2.75, 3.05) is 32.6 Å². The van der Waals surface area contributed by atoms with Crippen molar-refractivity contribution in [3.63, 3.8) is 0 Å². The fourth-order valence-electron chi connectivity index (χ4n) is 5.55. The first-order valence-electron chi connectivity index (χ1n) is 16.3. The Hall–Kier alpha value is -5.33. The number of thioether (sulfide) groups is 1. The molecule has 0 saturated carbocycles. The van der Waals surface area contributed by atoms with Gasteiger partial charge in [-0.15, -0.1) is 0 Å². The van der Waals surface area contributed by atoms with Crippen molar-refractivity contribution in [2.24, 2.45) is 0 Å². The molecule has 18 nitrogen and oxygen atoms in total. The highest BCUT2D eigenvalue weighted by Gasteiger charge is 2.42. The molecule has 2 saturated heterocycles. The number of carbonyl (C=O) groups is 4. The second-order valence-corrected chi connectivity index (χ2v) is 13.0. The number of nitrogens with one attached hydrogen (secondary N) is 4. The van der Waals surface area contributed by atoms with Crippen molar-refractivity contribution in [1.29, 1.82) is 0 Å². The van der Waals surface area contributed by atoms with Crippen molar-refractivity contribution in [3.05, 3.63) is 62.2 Å². The van der Waals surface area contributed by atoms with E-state index in [9.17, 15) is 39.4 Å². The van der Waals surface area contributed by atoms with Crippen LogP contribution in [0, 0.1) is 20.2 Å². The first-order valence-corrected chi connectivity index (χ1v) is 17.3. The molecule has 2 aromatic rings. The Morgan fingerprint density at radius 2 is 1.65 bits per heavy atom. The van der Waals surface area contributed by atoms with E-state index in [-0.39, 0.29) is 91.0 Å². The minimum absolute atomic E-state index is 0.00411. The van der Waals surface area contributed by atoms with E-state index in [4.69, 9.17) is 18.9 Å². The van der Waals surface area contributed by atoms with E-state index in [1.807, 2.05) is 11.8 Å². The third-order valence-corrected chi connectivity index (χ3v) is 9.63. The Morgan fingerprint density at radius 3 is 2.29 bits per heavy atom. The highest BCUT2D eigenvalue weighted by Crippen LogP contribution is 2.39. The van der Waals surface area contributed by atoms with Gasteiger partial charge >= 0.3 is 12.2 Å². The van der Waals surface area contributed by atoms with E-state index >= 15 is 0 Å². The molecular formula is C32H40N6O12S. The monoisotopic (exact) mass is 732 g/mol. The zero-order valence-corrected chi connectivity index (χ0v) is 28.9. The lowest BCUT2D eigenvalue weighted by Crippen LogP contribution is -2.36. The predicted octanol–water partition coefficient (Wildman–Crippen LogP) is 3.91. The van der Waals surface area contributed by atoms with Gasteiger partial charge in [-0.1, -0.05) is 6.42 Å². The Bertz CT molecular complexity index is 1590. The van der Waals surface area contributed by atoms with Crippen LogP contribution in [0.2, 0.25) is 0 Å². The average molecular weight is 733 g/mol. The number of hydrogen-bond donors (Lipinski definition) is 4. The minimum atomic E-state index is -1.19. The molecule has 0 radical (unpaired) electrons. The lowest BCUT2D eigenvalue weighted by molar-refractivity contribution is -0.386. The van der Waals surface area contributed by atoms with Crippen molar-refractivity contribution in [3.8, 4) is 17.2 Å². The molecule has 0 bridgehead atoms. The first kappa shape index (κ1) is 38.5. The number of methoxy groups -OCH3 is 1. The third-order valence-electron chi connectivity index (χ3n) is 8.13. The van der Waals surface area contributed by atoms with Gasteiger partial charge in [-0.25, -0.2) is 9.59 Å². The molecule has 19 heteroatoms. The summed E-state index contributed by atoms with van der Waals surface area (Å²) in [6, 6.07) is 7.35. The number of non-ortho nitro benzene ring substituents is 1. The maximum atomic E-state index is 12.3. The summed E-state index contributed by atoms with van der Waals surface area (Å²) in [5.74, 6) is 0.697. The Labute approximate surface area is 297 Å². The molecule has 2 aliphatic rings. The number of fused-ring (bicyclic) bond motifs is 1. The summed E-state index contributed by atoms with van der Waals surface area (Å²) in [6.45, 7) is 1.97. The Morgan fingerprint density at radius 1 is 0.961 bits per heavy atom. The van der Waals surface area contributed by atoms with Gasteiger partial charge in [0.25, 0.3) is 11.4 Å². The number of rotatable bonds is 19. The van der Waals surface area contributed by atoms with Crippen molar-refractivity contribution < 1.29 is 48.0 Å². The van der Waals surface area contributed by atoms with Crippen LogP contribution in [-0.4, -0.2) is 83.7 Å². The smallest absolute Gasteiger partial charge is 0.493 e. The molecule has 2 aliphatic heterocycles. The van der Waals surface area contributed by atoms with Gasteiger partial charge in [0.1, 0.15) is 11.9 Å². The third kappa shape index (κ3) is 11.3. The Balaban J connectivity index is 1.13. The van der Waals surface area contributed by atoms with Gasteiger partial charge in [0.05, 0.1) is 47.3 Å². The van der Waals surface area contributed by atoms with E-state index in [0.29, 0.717) is 11.7 Å². The summed E-state index contributed by atoms with van der Waals surface area (Å²) in [6.07, 6.45) is 0.971. The summed E-state index contributed by atoms with van der Waals surface area (Å²) in [4.78, 5) is 69.6. The summed E-state index contributed by atoms with van der Waals surface area (Å²) in [5.41, 5.74) is -0.620. The molecule has 4 unspecified atom stereocenters. The van der Waals surface area contributed by atoms with Crippen LogP contribution in [-0.2, 0) is 14.3 Å². The molecule has 0 aromatic heterocycles. The van der Waals surface area contributed by atoms with Crippen LogP contribution in [0.15, 0.2) is 36.4 Å². The van der Waals surface area contributed by atoms with Gasteiger partial charge in [0, 0.05) is 49.1 Å². The van der Waals surface area contributed by atoms with Crippen molar-refractivity contribution in [2.45, 2.75) is 68.9 Å². The number of benzene rings is 2. The average Bonchev–Trinajstić information content (AvgIpc) is 3.65. The number of hydrogen-bond acceptors (Lipinski definition) is 13. The Kier molecular flexibility index (Phi) is 14.0. The first-order chi connectivity index (χ1) is 24.4. The second kappa shape index (κ2) is 18.6. The van der Waals surface area contributed by atoms with Crippen LogP contribution in [0.25, 0.3) is 0 Å².